The van der Waals surface area contributed by atoms with E-state index < -0.39 is 0 Å². The Balaban J connectivity index is 2.34. The molecule has 0 bridgehead atoms. The molecule has 0 heterocycles. The maximum atomic E-state index is 2.24. The minimum atomic E-state index is 1.10. The van der Waals surface area contributed by atoms with Crippen molar-refractivity contribution in [3.05, 3.63) is 54.1 Å². The first kappa shape index (κ1) is 11.3. The van der Waals surface area contributed by atoms with Crippen LogP contribution in [0.15, 0.2) is 53.4 Å². The summed E-state index contributed by atoms with van der Waals surface area (Å²) in [5.74, 6) is 0. The second-order valence-corrected chi connectivity index (χ2v) is 4.66. The molecule has 0 aromatic heterocycles. The van der Waals surface area contributed by atoms with E-state index in [0.29, 0.717) is 0 Å². The molecule has 0 unspecified atom stereocenters. The molecule has 0 saturated carbocycles. The van der Waals surface area contributed by atoms with Gasteiger partial charge in [-0.3, -0.25) is 0 Å². The second-order valence-electron chi connectivity index (χ2n) is 3.78. The zero-order valence-corrected chi connectivity index (χ0v) is 10.6. The molecular formula is C15H16S. The molecule has 0 aliphatic rings. The minimum absolute atomic E-state index is 1.10. The molecule has 0 spiro atoms. The molecular weight excluding hydrogens is 212 g/mol. The maximum absolute atomic E-state index is 2.24. The number of benzene rings is 2. The number of hydrogen-bond acceptors (Lipinski definition) is 1. The zero-order valence-electron chi connectivity index (χ0n) is 9.73. The van der Waals surface area contributed by atoms with Crippen LogP contribution in [0.2, 0.25) is 0 Å². The van der Waals surface area contributed by atoms with Crippen molar-refractivity contribution in [1.82, 2.24) is 0 Å². The molecule has 0 radical (unpaired) electrons. The van der Waals surface area contributed by atoms with Crippen molar-refractivity contribution in [2.45, 2.75) is 18.2 Å². The van der Waals surface area contributed by atoms with Crippen molar-refractivity contribution in [2.24, 2.45) is 0 Å². The summed E-state index contributed by atoms with van der Waals surface area (Å²) in [6, 6.07) is 17.5. The summed E-state index contributed by atoms with van der Waals surface area (Å²) in [7, 11) is 0. The minimum Gasteiger partial charge on any atom is -0.130 e. The largest absolute Gasteiger partial charge is 0.130 e. The topological polar surface area (TPSA) is 0 Å². The van der Waals surface area contributed by atoms with E-state index in [0.717, 1.165) is 6.42 Å². The first-order chi connectivity index (χ1) is 7.83. The fourth-order valence-electron chi connectivity index (χ4n) is 1.74. The summed E-state index contributed by atoms with van der Waals surface area (Å²) in [6.07, 6.45) is 3.21. The van der Waals surface area contributed by atoms with Crippen LogP contribution in [-0.4, -0.2) is 6.26 Å². The average Bonchev–Trinajstić information content (AvgIpc) is 2.39. The predicted molar refractivity (Wildman–Crippen MR) is 73.0 cm³/mol. The van der Waals surface area contributed by atoms with Crippen molar-refractivity contribution < 1.29 is 0 Å². The van der Waals surface area contributed by atoms with Crippen molar-refractivity contribution in [1.29, 1.82) is 0 Å². The number of rotatable bonds is 3. The van der Waals surface area contributed by atoms with E-state index in [-0.39, 0.29) is 0 Å². The molecule has 0 fully saturated rings. The van der Waals surface area contributed by atoms with Crippen molar-refractivity contribution in [2.75, 3.05) is 6.26 Å². The van der Waals surface area contributed by atoms with Crippen molar-refractivity contribution >= 4 is 11.8 Å². The maximum Gasteiger partial charge on any atom is 0.00752 e. The van der Waals surface area contributed by atoms with Crippen LogP contribution in [0.1, 0.15) is 12.5 Å². The molecule has 1 heteroatoms. The third-order valence-electron chi connectivity index (χ3n) is 2.77. The van der Waals surface area contributed by atoms with Gasteiger partial charge in [-0.2, -0.15) is 0 Å². The Hall–Kier alpha value is -1.21. The summed E-state index contributed by atoms with van der Waals surface area (Å²) >= 11 is 1.79. The van der Waals surface area contributed by atoms with Gasteiger partial charge in [0.05, 0.1) is 0 Å². The first-order valence-corrected chi connectivity index (χ1v) is 6.79. The van der Waals surface area contributed by atoms with Gasteiger partial charge in [0.25, 0.3) is 0 Å². The van der Waals surface area contributed by atoms with Gasteiger partial charge in [-0.05, 0) is 41.5 Å². The molecule has 2 aromatic rings. The van der Waals surface area contributed by atoms with Crippen molar-refractivity contribution in [3.8, 4) is 11.1 Å². The lowest BCUT2D eigenvalue weighted by atomic mass is 10.0. The fourth-order valence-corrected chi connectivity index (χ4v) is 2.19. The Morgan fingerprint density at radius 2 is 1.69 bits per heavy atom. The van der Waals surface area contributed by atoms with E-state index in [1.54, 1.807) is 11.8 Å². The molecule has 16 heavy (non-hydrogen) atoms. The first-order valence-electron chi connectivity index (χ1n) is 5.57. The van der Waals surface area contributed by atoms with Gasteiger partial charge in [-0.1, -0.05) is 43.3 Å². The highest BCUT2D eigenvalue weighted by molar-refractivity contribution is 7.98. The van der Waals surface area contributed by atoms with Crippen LogP contribution in [0, 0.1) is 0 Å². The lowest BCUT2D eigenvalue weighted by Gasteiger charge is -2.04. The molecule has 0 atom stereocenters. The third-order valence-corrected chi connectivity index (χ3v) is 3.49. The van der Waals surface area contributed by atoms with Gasteiger partial charge in [0, 0.05) is 4.90 Å². The summed E-state index contributed by atoms with van der Waals surface area (Å²) in [4.78, 5) is 1.32. The Morgan fingerprint density at radius 3 is 2.31 bits per heavy atom. The molecule has 2 rings (SSSR count). The monoisotopic (exact) mass is 228 g/mol. The highest BCUT2D eigenvalue weighted by Crippen LogP contribution is 2.24. The standard InChI is InChI=1S/C15H16S/c1-3-12-7-9-13(10-8-12)14-5-4-6-15(11-14)16-2/h4-11H,3H2,1-2H3. The number of aryl methyl sites for hydroxylation is 1. The van der Waals surface area contributed by atoms with E-state index in [1.807, 2.05) is 0 Å². The zero-order chi connectivity index (χ0) is 11.4. The quantitative estimate of drug-likeness (QED) is 0.690. The van der Waals surface area contributed by atoms with E-state index in [2.05, 4.69) is 61.7 Å². The highest BCUT2D eigenvalue weighted by Gasteiger charge is 1.98. The molecule has 0 aliphatic heterocycles. The molecule has 0 N–H and O–H groups in total. The van der Waals surface area contributed by atoms with E-state index in [9.17, 15) is 0 Å². The lowest BCUT2D eigenvalue weighted by Crippen LogP contribution is -1.81. The lowest BCUT2D eigenvalue weighted by molar-refractivity contribution is 1.14. The van der Waals surface area contributed by atoms with Gasteiger partial charge >= 0.3 is 0 Å². The molecule has 2 aromatic carbocycles. The van der Waals surface area contributed by atoms with Crippen LogP contribution in [0.5, 0.6) is 0 Å². The Labute approximate surface area is 102 Å². The van der Waals surface area contributed by atoms with E-state index in [4.69, 9.17) is 0 Å². The second kappa shape index (κ2) is 5.22. The van der Waals surface area contributed by atoms with E-state index in [1.165, 1.54) is 21.6 Å². The van der Waals surface area contributed by atoms with Crippen LogP contribution in [0.3, 0.4) is 0 Å². The summed E-state index contributed by atoms with van der Waals surface area (Å²) in [5.41, 5.74) is 3.99. The summed E-state index contributed by atoms with van der Waals surface area (Å²) in [5, 5.41) is 0. The molecule has 0 saturated heterocycles. The average molecular weight is 228 g/mol. The Bertz CT molecular complexity index is 457. The summed E-state index contributed by atoms with van der Waals surface area (Å²) in [6.45, 7) is 2.18. The molecule has 82 valence electrons. The van der Waals surface area contributed by atoms with Gasteiger partial charge in [0.15, 0.2) is 0 Å². The third kappa shape index (κ3) is 2.48. The Kier molecular flexibility index (Phi) is 3.68. The van der Waals surface area contributed by atoms with Gasteiger partial charge in [-0.15, -0.1) is 11.8 Å². The Morgan fingerprint density at radius 1 is 0.938 bits per heavy atom. The molecule has 0 amide bonds. The van der Waals surface area contributed by atoms with Gasteiger partial charge in [-0.25, -0.2) is 0 Å². The number of thioether (sulfide) groups is 1. The van der Waals surface area contributed by atoms with Gasteiger partial charge < -0.3 is 0 Å². The molecule has 0 nitrogen and oxygen atoms in total. The van der Waals surface area contributed by atoms with Crippen LogP contribution < -0.4 is 0 Å². The van der Waals surface area contributed by atoms with Gasteiger partial charge in [0.2, 0.25) is 0 Å². The summed E-state index contributed by atoms with van der Waals surface area (Å²) < 4.78 is 0. The van der Waals surface area contributed by atoms with Crippen LogP contribution in [-0.2, 0) is 6.42 Å². The smallest absolute Gasteiger partial charge is 0.00752 e. The van der Waals surface area contributed by atoms with E-state index >= 15 is 0 Å². The van der Waals surface area contributed by atoms with Crippen molar-refractivity contribution in [3.63, 3.8) is 0 Å². The number of hydrogen-bond donors (Lipinski definition) is 0. The van der Waals surface area contributed by atoms with Crippen LogP contribution >= 0.6 is 11.8 Å². The van der Waals surface area contributed by atoms with Gasteiger partial charge in [0.1, 0.15) is 0 Å². The SMILES string of the molecule is CCc1ccc(-c2cccc(SC)c2)cc1. The highest BCUT2D eigenvalue weighted by atomic mass is 32.2. The van der Waals surface area contributed by atoms with Crippen LogP contribution in [0.25, 0.3) is 11.1 Å². The predicted octanol–water partition coefficient (Wildman–Crippen LogP) is 4.64. The molecule has 0 aliphatic carbocycles. The normalized spacial score (nSPS) is 10.4. The fraction of sp³-hybridized carbons (Fsp3) is 0.200. The van der Waals surface area contributed by atoms with Crippen LogP contribution in [0.4, 0.5) is 0 Å².